The van der Waals surface area contributed by atoms with Gasteiger partial charge in [-0.3, -0.25) is 14.7 Å². The van der Waals surface area contributed by atoms with E-state index in [0.717, 1.165) is 0 Å². The molecule has 0 spiro atoms. The maximum Gasteiger partial charge on any atom is 0.432 e. The molecule has 1 unspecified atom stereocenters. The van der Waals surface area contributed by atoms with Crippen molar-refractivity contribution in [3.8, 4) is 0 Å². The van der Waals surface area contributed by atoms with Crippen molar-refractivity contribution in [3.63, 3.8) is 0 Å². The minimum absolute atomic E-state index is 0.0467. The topological polar surface area (TPSA) is 87.3 Å². The fourth-order valence-corrected chi connectivity index (χ4v) is 2.81. The molecule has 2 heterocycles. The quantitative estimate of drug-likeness (QED) is 0.852. The molecule has 128 valence electrons. The molecule has 1 aromatic rings. The molecule has 1 saturated heterocycles. The molecule has 1 aliphatic rings. The van der Waals surface area contributed by atoms with Crippen LogP contribution >= 0.6 is 0 Å². The van der Waals surface area contributed by atoms with Crippen molar-refractivity contribution >= 4 is 11.8 Å². The average Bonchev–Trinajstić information content (AvgIpc) is 3.13. The van der Waals surface area contributed by atoms with Crippen LogP contribution in [-0.2, 0) is 15.7 Å². The molecule has 2 N–H and O–H groups in total. The number of ether oxygens (including phenoxy) is 1. The summed E-state index contributed by atoms with van der Waals surface area (Å²) in [6.45, 7) is 0.193. The molecule has 10 heteroatoms. The van der Waals surface area contributed by atoms with E-state index in [1.54, 1.807) is 5.10 Å². The number of nitrogens with one attached hydrogen (secondary N) is 2. The number of methoxy groups -OCH3 is 1. The van der Waals surface area contributed by atoms with Crippen LogP contribution in [0.15, 0.2) is 6.07 Å². The summed E-state index contributed by atoms with van der Waals surface area (Å²) in [7, 11) is 2.82. The van der Waals surface area contributed by atoms with E-state index in [2.05, 4.69) is 10.4 Å². The number of hydrogen-bond acceptors (Lipinski definition) is 4. The van der Waals surface area contributed by atoms with E-state index in [1.165, 1.54) is 19.1 Å². The summed E-state index contributed by atoms with van der Waals surface area (Å²) in [6.07, 6.45) is -3.72. The Kier molecular flexibility index (Phi) is 4.64. The van der Waals surface area contributed by atoms with Crippen molar-refractivity contribution in [2.24, 2.45) is 0 Å². The van der Waals surface area contributed by atoms with Gasteiger partial charge in [-0.05, 0) is 12.8 Å². The minimum atomic E-state index is -4.62. The van der Waals surface area contributed by atoms with Crippen LogP contribution in [0.3, 0.4) is 0 Å². The second kappa shape index (κ2) is 6.19. The first kappa shape index (κ1) is 17.3. The average molecular weight is 334 g/mol. The second-order valence-electron chi connectivity index (χ2n) is 5.27. The standard InChI is InChI=1S/C13H17F3N4O3/c1-17-11(22)12(7-23-2)4-3-5-20(12)10(21)8-6-9(19-18-8)13(14,15)16/h6H,3-5,7H2,1-2H3,(H,17,22)(H,18,19). The summed E-state index contributed by atoms with van der Waals surface area (Å²) >= 11 is 0. The highest BCUT2D eigenvalue weighted by molar-refractivity contribution is 5.98. The van der Waals surface area contributed by atoms with Crippen molar-refractivity contribution in [3.05, 3.63) is 17.5 Å². The first-order chi connectivity index (χ1) is 10.8. The summed E-state index contributed by atoms with van der Waals surface area (Å²) in [5, 5.41) is 7.70. The van der Waals surface area contributed by atoms with E-state index in [0.29, 0.717) is 18.9 Å². The predicted octanol–water partition coefficient (Wildman–Crippen LogP) is 0.796. The lowest BCUT2D eigenvalue weighted by Crippen LogP contribution is -2.59. The van der Waals surface area contributed by atoms with Gasteiger partial charge in [0.25, 0.3) is 5.91 Å². The van der Waals surface area contributed by atoms with Gasteiger partial charge in [0.15, 0.2) is 5.69 Å². The highest BCUT2D eigenvalue weighted by Crippen LogP contribution is 2.33. The Hall–Kier alpha value is -2.10. The number of carbonyl (C=O) groups is 2. The molecular formula is C13H17F3N4O3. The van der Waals surface area contributed by atoms with Gasteiger partial charge < -0.3 is 15.0 Å². The van der Waals surface area contributed by atoms with Crippen LogP contribution in [0.5, 0.6) is 0 Å². The number of rotatable bonds is 4. The summed E-state index contributed by atoms with van der Waals surface area (Å²) in [4.78, 5) is 26.0. The number of aromatic nitrogens is 2. The summed E-state index contributed by atoms with van der Waals surface area (Å²) < 4.78 is 42.9. The molecule has 1 aliphatic heterocycles. The van der Waals surface area contributed by atoms with E-state index in [9.17, 15) is 22.8 Å². The number of aromatic amines is 1. The first-order valence-corrected chi connectivity index (χ1v) is 6.92. The van der Waals surface area contributed by atoms with Crippen molar-refractivity contribution in [1.82, 2.24) is 20.4 Å². The number of likely N-dealkylation sites (N-methyl/N-ethyl adjacent to an activating group) is 1. The van der Waals surface area contributed by atoms with Gasteiger partial charge in [0.05, 0.1) is 6.61 Å². The molecule has 0 saturated carbocycles. The van der Waals surface area contributed by atoms with Gasteiger partial charge in [0, 0.05) is 26.8 Å². The largest absolute Gasteiger partial charge is 0.432 e. The molecule has 1 fully saturated rings. The molecular weight excluding hydrogens is 317 g/mol. The number of H-pyrrole nitrogens is 1. The van der Waals surface area contributed by atoms with Crippen LogP contribution in [-0.4, -0.2) is 59.8 Å². The Morgan fingerprint density at radius 1 is 1.52 bits per heavy atom. The van der Waals surface area contributed by atoms with Gasteiger partial charge in [0.2, 0.25) is 5.91 Å². The number of halogens is 3. The summed E-state index contributed by atoms with van der Waals surface area (Å²) in [6, 6.07) is 0.641. The third-order valence-electron chi connectivity index (χ3n) is 3.87. The molecule has 2 amide bonds. The lowest BCUT2D eigenvalue weighted by Gasteiger charge is -2.35. The number of amides is 2. The van der Waals surface area contributed by atoms with E-state index in [4.69, 9.17) is 4.74 Å². The molecule has 1 atom stereocenters. The molecule has 7 nitrogen and oxygen atoms in total. The normalized spacial score (nSPS) is 21.5. The number of nitrogens with zero attached hydrogens (tertiary/aromatic N) is 2. The maximum absolute atomic E-state index is 12.6. The lowest BCUT2D eigenvalue weighted by atomic mass is 9.95. The molecule has 1 aromatic heterocycles. The second-order valence-corrected chi connectivity index (χ2v) is 5.27. The SMILES string of the molecule is CNC(=O)C1(COC)CCCN1C(=O)c1cc(C(F)(F)F)[nH]n1. The third-order valence-corrected chi connectivity index (χ3v) is 3.87. The highest BCUT2D eigenvalue weighted by atomic mass is 19.4. The van der Waals surface area contributed by atoms with Crippen LogP contribution in [0.2, 0.25) is 0 Å². The smallest absolute Gasteiger partial charge is 0.382 e. The molecule has 23 heavy (non-hydrogen) atoms. The monoisotopic (exact) mass is 334 g/mol. The van der Waals surface area contributed by atoms with E-state index in [-0.39, 0.29) is 18.8 Å². The van der Waals surface area contributed by atoms with Crippen LogP contribution in [0.4, 0.5) is 13.2 Å². The Bertz CT molecular complexity index is 602. The van der Waals surface area contributed by atoms with Gasteiger partial charge in [-0.1, -0.05) is 0 Å². The van der Waals surface area contributed by atoms with Gasteiger partial charge >= 0.3 is 6.18 Å². The van der Waals surface area contributed by atoms with E-state index < -0.39 is 29.2 Å². The van der Waals surface area contributed by atoms with Crippen molar-refractivity contribution in [2.75, 3.05) is 27.3 Å². The summed E-state index contributed by atoms with van der Waals surface area (Å²) in [5.74, 6) is -1.16. The molecule has 2 rings (SSSR count). The lowest BCUT2D eigenvalue weighted by molar-refractivity contribution is -0.141. The Morgan fingerprint density at radius 2 is 2.22 bits per heavy atom. The molecule has 0 aromatic carbocycles. The van der Waals surface area contributed by atoms with Gasteiger partial charge in [-0.25, -0.2) is 0 Å². The summed E-state index contributed by atoms with van der Waals surface area (Å²) in [5.41, 5.74) is -2.74. The fourth-order valence-electron chi connectivity index (χ4n) is 2.81. The Morgan fingerprint density at radius 3 is 2.74 bits per heavy atom. The van der Waals surface area contributed by atoms with Crippen molar-refractivity contribution < 1.29 is 27.5 Å². The van der Waals surface area contributed by atoms with Gasteiger partial charge in [-0.2, -0.15) is 18.3 Å². The number of alkyl halides is 3. The van der Waals surface area contributed by atoms with Crippen LogP contribution in [0, 0.1) is 0 Å². The maximum atomic E-state index is 12.6. The van der Waals surface area contributed by atoms with Crippen molar-refractivity contribution in [2.45, 2.75) is 24.6 Å². The zero-order chi connectivity index (χ0) is 17.3. The van der Waals surface area contributed by atoms with E-state index >= 15 is 0 Å². The Balaban J connectivity index is 2.33. The zero-order valence-corrected chi connectivity index (χ0v) is 12.7. The minimum Gasteiger partial charge on any atom is -0.382 e. The highest BCUT2D eigenvalue weighted by Gasteiger charge is 2.50. The fraction of sp³-hybridized carbons (Fsp3) is 0.615. The molecule has 0 radical (unpaired) electrons. The van der Waals surface area contributed by atoms with Crippen molar-refractivity contribution in [1.29, 1.82) is 0 Å². The van der Waals surface area contributed by atoms with Gasteiger partial charge in [0.1, 0.15) is 11.2 Å². The third kappa shape index (κ3) is 3.03. The Labute approximate surface area is 130 Å². The molecule has 0 bridgehead atoms. The zero-order valence-electron chi connectivity index (χ0n) is 12.7. The number of carbonyl (C=O) groups excluding carboxylic acids is 2. The predicted molar refractivity (Wildman–Crippen MR) is 72.5 cm³/mol. The molecule has 0 aliphatic carbocycles. The van der Waals surface area contributed by atoms with E-state index in [1.807, 2.05) is 0 Å². The van der Waals surface area contributed by atoms with Gasteiger partial charge in [-0.15, -0.1) is 0 Å². The first-order valence-electron chi connectivity index (χ1n) is 6.92. The van der Waals surface area contributed by atoms with Crippen LogP contribution in [0.25, 0.3) is 0 Å². The number of likely N-dealkylation sites (tertiary alicyclic amines) is 1. The number of hydrogen-bond donors (Lipinski definition) is 2. The van der Waals surface area contributed by atoms with Crippen LogP contribution < -0.4 is 5.32 Å². The van der Waals surface area contributed by atoms with Crippen LogP contribution in [0.1, 0.15) is 29.0 Å².